The monoisotopic (exact) mass is 287 g/mol. The molecule has 20 heavy (non-hydrogen) atoms. The van der Waals surface area contributed by atoms with E-state index in [1.807, 2.05) is 30.3 Å². The Balaban J connectivity index is 1.78. The summed E-state index contributed by atoms with van der Waals surface area (Å²) < 4.78 is 0. The molecule has 2 aromatic rings. The van der Waals surface area contributed by atoms with Crippen LogP contribution >= 0.6 is 11.3 Å². The van der Waals surface area contributed by atoms with Crippen LogP contribution in [0.3, 0.4) is 0 Å². The van der Waals surface area contributed by atoms with Crippen molar-refractivity contribution in [1.29, 1.82) is 0 Å². The van der Waals surface area contributed by atoms with E-state index in [1.165, 1.54) is 6.07 Å². The fourth-order valence-corrected chi connectivity index (χ4v) is 3.02. The molecule has 4 nitrogen and oxygen atoms in total. The Hall–Kier alpha value is -2.14. The zero-order valence-corrected chi connectivity index (χ0v) is 11.4. The van der Waals surface area contributed by atoms with E-state index in [0.717, 1.165) is 29.7 Å². The number of aromatic carboxylic acids is 1. The maximum atomic E-state index is 12.4. The van der Waals surface area contributed by atoms with Gasteiger partial charge in [0.25, 0.3) is 0 Å². The number of amides is 1. The van der Waals surface area contributed by atoms with Gasteiger partial charge in [0.2, 0.25) is 5.91 Å². The number of nitrogens with one attached hydrogen (secondary N) is 1. The molecule has 3 rings (SSSR count). The Morgan fingerprint density at radius 1 is 1.10 bits per heavy atom. The van der Waals surface area contributed by atoms with Crippen LogP contribution in [0.1, 0.15) is 28.1 Å². The summed E-state index contributed by atoms with van der Waals surface area (Å²) in [6.45, 7) is 0. The van der Waals surface area contributed by atoms with Gasteiger partial charge in [-0.2, -0.15) is 0 Å². The zero-order chi connectivity index (χ0) is 14.2. The molecule has 1 aromatic carbocycles. The van der Waals surface area contributed by atoms with Crippen LogP contribution in [-0.2, 0) is 10.2 Å². The topological polar surface area (TPSA) is 66.4 Å². The second-order valence-electron chi connectivity index (χ2n) is 4.87. The van der Waals surface area contributed by atoms with E-state index in [4.69, 9.17) is 5.11 Å². The minimum absolute atomic E-state index is 0.0533. The zero-order valence-electron chi connectivity index (χ0n) is 10.6. The van der Waals surface area contributed by atoms with E-state index in [0.29, 0.717) is 5.00 Å². The van der Waals surface area contributed by atoms with Crippen LogP contribution < -0.4 is 5.32 Å². The van der Waals surface area contributed by atoms with E-state index < -0.39 is 11.4 Å². The normalized spacial score (nSPS) is 15.6. The van der Waals surface area contributed by atoms with Gasteiger partial charge in [-0.05, 0) is 30.5 Å². The molecule has 0 spiro atoms. The van der Waals surface area contributed by atoms with Crippen molar-refractivity contribution in [3.8, 4) is 0 Å². The number of thiophene rings is 1. The number of benzene rings is 1. The van der Waals surface area contributed by atoms with E-state index in [9.17, 15) is 9.59 Å². The van der Waals surface area contributed by atoms with Gasteiger partial charge in [0.15, 0.2) is 0 Å². The number of carbonyl (C=O) groups is 2. The van der Waals surface area contributed by atoms with Gasteiger partial charge in [-0.15, -0.1) is 11.3 Å². The summed E-state index contributed by atoms with van der Waals surface area (Å²) in [7, 11) is 0. The van der Waals surface area contributed by atoms with Crippen molar-refractivity contribution in [2.24, 2.45) is 0 Å². The lowest BCUT2D eigenvalue weighted by Crippen LogP contribution is -2.27. The maximum Gasteiger partial charge on any atom is 0.345 e. The number of hydrogen-bond donors (Lipinski definition) is 2. The van der Waals surface area contributed by atoms with Gasteiger partial charge in [-0.3, -0.25) is 4.79 Å². The fraction of sp³-hybridized carbons (Fsp3) is 0.200. The number of carboxylic acids is 1. The molecular formula is C15H13NO3S. The van der Waals surface area contributed by atoms with Crippen LogP contribution in [0.4, 0.5) is 5.00 Å². The quantitative estimate of drug-likeness (QED) is 0.908. The number of carboxylic acid groups (broad SMARTS) is 1. The average Bonchev–Trinajstić information content (AvgIpc) is 3.14. The minimum Gasteiger partial charge on any atom is -0.477 e. The van der Waals surface area contributed by atoms with Crippen molar-refractivity contribution >= 4 is 28.2 Å². The number of carbonyl (C=O) groups excluding carboxylic acids is 1. The van der Waals surface area contributed by atoms with Crippen molar-refractivity contribution in [1.82, 2.24) is 0 Å². The number of rotatable bonds is 4. The molecule has 0 bridgehead atoms. The Morgan fingerprint density at radius 3 is 2.35 bits per heavy atom. The number of hydrogen-bond acceptors (Lipinski definition) is 3. The molecule has 1 saturated carbocycles. The summed E-state index contributed by atoms with van der Waals surface area (Å²) in [6, 6.07) is 12.8. The van der Waals surface area contributed by atoms with Crippen molar-refractivity contribution in [2.45, 2.75) is 18.3 Å². The van der Waals surface area contributed by atoms with Crippen LogP contribution in [0, 0.1) is 0 Å². The molecule has 1 aliphatic rings. The largest absolute Gasteiger partial charge is 0.477 e. The molecule has 102 valence electrons. The van der Waals surface area contributed by atoms with Gasteiger partial charge in [-0.1, -0.05) is 30.3 Å². The second kappa shape index (κ2) is 4.76. The third-order valence-corrected chi connectivity index (χ3v) is 4.55. The second-order valence-corrected chi connectivity index (χ2v) is 5.96. The first-order valence-corrected chi connectivity index (χ1v) is 7.14. The lowest BCUT2D eigenvalue weighted by molar-refractivity contribution is -0.118. The van der Waals surface area contributed by atoms with E-state index in [-0.39, 0.29) is 10.8 Å². The van der Waals surface area contributed by atoms with Crippen molar-refractivity contribution in [2.75, 3.05) is 5.32 Å². The number of anilines is 1. The summed E-state index contributed by atoms with van der Waals surface area (Å²) in [6.07, 6.45) is 1.67. The highest BCUT2D eigenvalue weighted by atomic mass is 32.1. The summed E-state index contributed by atoms with van der Waals surface area (Å²) in [4.78, 5) is 23.5. The Kier molecular flexibility index (Phi) is 3.06. The summed E-state index contributed by atoms with van der Waals surface area (Å²) >= 11 is 1.08. The molecule has 0 atom stereocenters. The first-order valence-electron chi connectivity index (χ1n) is 6.32. The first kappa shape index (κ1) is 12.9. The van der Waals surface area contributed by atoms with E-state index in [1.54, 1.807) is 6.07 Å². The van der Waals surface area contributed by atoms with E-state index in [2.05, 4.69) is 5.32 Å². The highest BCUT2D eigenvalue weighted by molar-refractivity contribution is 7.18. The summed E-state index contributed by atoms with van der Waals surface area (Å²) in [5, 5.41) is 12.3. The SMILES string of the molecule is O=C(O)c1ccc(NC(=O)C2(c3ccccc3)CC2)s1. The minimum atomic E-state index is -0.973. The molecule has 0 saturated heterocycles. The van der Waals surface area contributed by atoms with Gasteiger partial charge < -0.3 is 10.4 Å². The van der Waals surface area contributed by atoms with Gasteiger partial charge >= 0.3 is 5.97 Å². The summed E-state index contributed by atoms with van der Waals surface area (Å²) in [5.74, 6) is -1.03. The van der Waals surface area contributed by atoms with Crippen LogP contribution in [0.5, 0.6) is 0 Å². The molecule has 5 heteroatoms. The molecule has 1 aromatic heterocycles. The van der Waals surface area contributed by atoms with Crippen LogP contribution in [-0.4, -0.2) is 17.0 Å². The van der Waals surface area contributed by atoms with Crippen LogP contribution in [0.2, 0.25) is 0 Å². The van der Waals surface area contributed by atoms with Gasteiger partial charge in [0.1, 0.15) is 4.88 Å². The van der Waals surface area contributed by atoms with Crippen molar-refractivity contribution in [3.05, 3.63) is 52.9 Å². The molecular weight excluding hydrogens is 274 g/mol. The maximum absolute atomic E-state index is 12.4. The predicted molar refractivity (Wildman–Crippen MR) is 77.3 cm³/mol. The molecule has 0 radical (unpaired) electrons. The predicted octanol–water partition coefficient (Wildman–Crippen LogP) is 3.12. The lowest BCUT2D eigenvalue weighted by Gasteiger charge is -2.14. The first-order chi connectivity index (χ1) is 9.62. The summed E-state index contributed by atoms with van der Waals surface area (Å²) in [5.41, 5.74) is 0.585. The third-order valence-electron chi connectivity index (χ3n) is 3.56. The smallest absolute Gasteiger partial charge is 0.345 e. The Bertz CT molecular complexity index is 659. The van der Waals surface area contributed by atoms with Gasteiger partial charge in [0, 0.05) is 0 Å². The Labute approximate surface area is 120 Å². The van der Waals surface area contributed by atoms with Gasteiger partial charge in [0.05, 0.1) is 10.4 Å². The van der Waals surface area contributed by atoms with Crippen LogP contribution in [0.15, 0.2) is 42.5 Å². The average molecular weight is 287 g/mol. The highest BCUT2D eigenvalue weighted by Gasteiger charge is 2.51. The third kappa shape index (κ3) is 2.20. The molecule has 1 aliphatic carbocycles. The lowest BCUT2D eigenvalue weighted by atomic mass is 9.95. The molecule has 1 amide bonds. The fourth-order valence-electron chi connectivity index (χ4n) is 2.28. The molecule has 1 heterocycles. The van der Waals surface area contributed by atoms with Crippen molar-refractivity contribution in [3.63, 3.8) is 0 Å². The van der Waals surface area contributed by atoms with Gasteiger partial charge in [-0.25, -0.2) is 4.79 Å². The Morgan fingerprint density at radius 2 is 1.80 bits per heavy atom. The standard InChI is InChI=1S/C15H13NO3S/c17-13(18)11-6-7-12(20-11)16-14(19)15(8-9-15)10-4-2-1-3-5-10/h1-7H,8-9H2,(H,16,19)(H,17,18). The molecule has 0 aliphatic heterocycles. The van der Waals surface area contributed by atoms with Crippen molar-refractivity contribution < 1.29 is 14.7 Å². The highest BCUT2D eigenvalue weighted by Crippen LogP contribution is 2.49. The molecule has 0 unspecified atom stereocenters. The molecule has 2 N–H and O–H groups in total. The van der Waals surface area contributed by atoms with Crippen LogP contribution in [0.25, 0.3) is 0 Å². The van der Waals surface area contributed by atoms with E-state index >= 15 is 0 Å². The molecule has 1 fully saturated rings.